The maximum atomic E-state index is 2.61. The standard InChI is InChI=1S/C118H77N3/c1-3-116(2)101-44-17-14-42-94(101)100-71-90(58-61-102(100)116)120(109-62-56-77-50-49-75-31-21-32-76-55-59-97(109)114(77)112(75)76)87-38-23-40-89(70-87)121(110-48-24-47-105-115(110)96-43-16-19-46-104(96)118(105)106-67-80-27-12-10-25-78(80)65-98(106)99-66-79-26-11-13-28-81(79)68-107(99)118)88-39-22-37-86(69-88)119(92-63-82-53-51-73-29-20-30-74-52-54-83(64-92)113(82)111(73)74)91-57-60-95-93-41-15-18-45-103(93)117(108(95)72-91,84-33-6-4-7-34-84)85-35-8-5-9-36-85/h4-72H,3H2,1-2H3. The van der Waals surface area contributed by atoms with E-state index in [-0.39, 0.29) is 5.41 Å². The van der Waals surface area contributed by atoms with Gasteiger partial charge in [0.1, 0.15) is 0 Å². The lowest BCUT2D eigenvalue weighted by atomic mass is 9.67. The van der Waals surface area contributed by atoms with Crippen LogP contribution in [0.25, 0.3) is 131 Å². The highest BCUT2D eigenvalue weighted by Gasteiger charge is 2.54. The van der Waals surface area contributed by atoms with Crippen molar-refractivity contribution in [2.24, 2.45) is 0 Å². The van der Waals surface area contributed by atoms with Gasteiger partial charge in [0.2, 0.25) is 0 Å². The number of rotatable bonds is 12. The summed E-state index contributed by atoms with van der Waals surface area (Å²) >= 11 is 0. The number of anilines is 9. The van der Waals surface area contributed by atoms with Crippen molar-refractivity contribution in [3.05, 3.63) is 474 Å². The molecule has 22 aromatic carbocycles. The Hall–Kier alpha value is -15.2. The molecule has 0 N–H and O–H groups in total. The number of benzene rings is 22. The van der Waals surface area contributed by atoms with Crippen LogP contribution in [0.3, 0.4) is 0 Å². The van der Waals surface area contributed by atoms with Gasteiger partial charge in [0.15, 0.2) is 0 Å². The highest BCUT2D eigenvalue weighted by atomic mass is 15.2. The lowest BCUT2D eigenvalue weighted by Gasteiger charge is -2.35. The van der Waals surface area contributed by atoms with E-state index >= 15 is 0 Å². The zero-order valence-corrected chi connectivity index (χ0v) is 66.9. The quantitative estimate of drug-likeness (QED) is 0.113. The van der Waals surface area contributed by atoms with E-state index in [0.29, 0.717) is 0 Å². The van der Waals surface area contributed by atoms with Gasteiger partial charge in [-0.1, -0.05) is 323 Å². The van der Waals surface area contributed by atoms with Gasteiger partial charge in [-0.15, -0.1) is 0 Å². The van der Waals surface area contributed by atoms with Crippen LogP contribution < -0.4 is 14.7 Å². The number of fused-ring (bicyclic) bond motifs is 18. The zero-order valence-electron chi connectivity index (χ0n) is 66.9. The largest absolute Gasteiger partial charge is 0.310 e. The molecule has 564 valence electrons. The Kier molecular flexibility index (Phi) is 14.3. The number of nitrogens with zero attached hydrogens (tertiary/aromatic N) is 3. The molecular formula is C118H77N3. The molecule has 4 aliphatic rings. The van der Waals surface area contributed by atoms with Gasteiger partial charge in [0.05, 0.1) is 22.2 Å². The molecule has 0 saturated heterocycles. The molecular weight excluding hydrogens is 1460 g/mol. The summed E-state index contributed by atoms with van der Waals surface area (Å²) in [5, 5.41) is 19.8. The molecule has 0 heterocycles. The zero-order chi connectivity index (χ0) is 79.6. The van der Waals surface area contributed by atoms with Crippen LogP contribution in [0.5, 0.6) is 0 Å². The van der Waals surface area contributed by atoms with Crippen LogP contribution in [0.15, 0.2) is 419 Å². The average molecular weight is 1540 g/mol. The summed E-state index contributed by atoms with van der Waals surface area (Å²) in [6.45, 7) is 4.79. The Morgan fingerprint density at radius 2 is 0.579 bits per heavy atom. The topological polar surface area (TPSA) is 9.72 Å². The van der Waals surface area contributed by atoms with Gasteiger partial charge >= 0.3 is 0 Å². The van der Waals surface area contributed by atoms with Crippen LogP contribution in [-0.2, 0) is 16.2 Å². The van der Waals surface area contributed by atoms with Gasteiger partial charge in [-0.3, -0.25) is 0 Å². The van der Waals surface area contributed by atoms with Gasteiger partial charge < -0.3 is 14.7 Å². The highest BCUT2D eigenvalue weighted by molar-refractivity contribution is 6.27. The number of hydrogen-bond donors (Lipinski definition) is 0. The molecule has 1 unspecified atom stereocenters. The third-order valence-electron chi connectivity index (χ3n) is 28.4. The second-order valence-corrected chi connectivity index (χ2v) is 34.2. The minimum atomic E-state index is -0.697. The molecule has 26 rings (SSSR count). The van der Waals surface area contributed by atoms with Gasteiger partial charge in [-0.25, -0.2) is 0 Å². The fourth-order valence-electron chi connectivity index (χ4n) is 23.1. The van der Waals surface area contributed by atoms with E-state index < -0.39 is 10.8 Å². The fourth-order valence-corrected chi connectivity index (χ4v) is 23.1. The summed E-state index contributed by atoms with van der Waals surface area (Å²) in [5.74, 6) is 0. The molecule has 3 nitrogen and oxygen atoms in total. The van der Waals surface area contributed by atoms with E-state index in [2.05, 4.69) is 447 Å². The Morgan fingerprint density at radius 3 is 1.17 bits per heavy atom. The Labute approximate surface area is 702 Å². The minimum Gasteiger partial charge on any atom is -0.310 e. The van der Waals surface area contributed by atoms with E-state index in [9.17, 15) is 0 Å². The molecule has 22 aromatic rings. The molecule has 1 spiro atoms. The first-order chi connectivity index (χ1) is 59.8. The normalized spacial score (nSPS) is 14.7. The molecule has 3 heteroatoms. The Morgan fingerprint density at radius 1 is 0.198 bits per heavy atom. The summed E-state index contributed by atoms with van der Waals surface area (Å²) in [6.07, 6.45) is 0.984. The molecule has 1 atom stereocenters. The maximum absolute atomic E-state index is 2.61. The number of hydrogen-bond acceptors (Lipinski definition) is 3. The summed E-state index contributed by atoms with van der Waals surface area (Å²) in [6, 6.07) is 161. The van der Waals surface area contributed by atoms with Crippen LogP contribution in [0, 0.1) is 0 Å². The van der Waals surface area contributed by atoms with Crippen molar-refractivity contribution >= 4 is 137 Å². The highest BCUT2D eigenvalue weighted by Crippen LogP contribution is 2.67. The Balaban J connectivity index is 0.748. The van der Waals surface area contributed by atoms with Crippen LogP contribution in [0.1, 0.15) is 75.9 Å². The van der Waals surface area contributed by atoms with Gasteiger partial charge in [-0.2, -0.15) is 0 Å². The SMILES string of the molecule is CCC1(C)c2ccccc2-c2cc(N(c3cccc(N(c4cccc(N(c5ccc6c(c5)C(c5ccccc5)(c5ccccc5)c5ccccc5-6)c5cc6ccc7cccc8ccc(c5)c6c78)c4)c4cccc5c4-c4ccccc4C54c5cc6ccccc6cc5-c5cc6ccccc6cc54)c3)c3ccc4ccc5cccc6ccc3c4c56)ccc21. The molecule has 4 aliphatic carbocycles. The van der Waals surface area contributed by atoms with Crippen molar-refractivity contribution in [3.8, 4) is 44.5 Å². The maximum Gasteiger partial charge on any atom is 0.0726 e. The van der Waals surface area contributed by atoms with Crippen molar-refractivity contribution in [2.75, 3.05) is 14.7 Å². The molecule has 121 heavy (non-hydrogen) atoms. The van der Waals surface area contributed by atoms with Crippen LogP contribution >= 0.6 is 0 Å². The van der Waals surface area contributed by atoms with E-state index in [1.54, 1.807) is 0 Å². The van der Waals surface area contributed by atoms with E-state index in [1.807, 2.05) is 0 Å². The van der Waals surface area contributed by atoms with Crippen molar-refractivity contribution < 1.29 is 0 Å². The van der Waals surface area contributed by atoms with Crippen LogP contribution in [0.2, 0.25) is 0 Å². The van der Waals surface area contributed by atoms with Gasteiger partial charge in [0.25, 0.3) is 0 Å². The summed E-state index contributed by atoms with van der Waals surface area (Å²) < 4.78 is 0. The first-order valence-corrected chi connectivity index (χ1v) is 42.6. The molecule has 0 aliphatic heterocycles. The molecule has 0 bridgehead atoms. The second kappa shape index (κ2) is 25.4. The minimum absolute atomic E-state index is 0.147. The summed E-state index contributed by atoms with van der Waals surface area (Å²) in [7, 11) is 0. The van der Waals surface area contributed by atoms with Crippen molar-refractivity contribution in [3.63, 3.8) is 0 Å². The third-order valence-corrected chi connectivity index (χ3v) is 28.4. The first-order valence-electron chi connectivity index (χ1n) is 42.6. The van der Waals surface area contributed by atoms with E-state index in [0.717, 1.165) is 57.6 Å². The van der Waals surface area contributed by atoms with Crippen molar-refractivity contribution in [1.29, 1.82) is 0 Å². The van der Waals surface area contributed by atoms with E-state index in [4.69, 9.17) is 0 Å². The monoisotopic (exact) mass is 1540 g/mol. The molecule has 0 fully saturated rings. The lowest BCUT2D eigenvalue weighted by molar-refractivity contribution is 0.564. The van der Waals surface area contributed by atoms with Crippen LogP contribution in [0.4, 0.5) is 51.2 Å². The van der Waals surface area contributed by atoms with Gasteiger partial charge in [-0.05, 0) is 291 Å². The smallest absolute Gasteiger partial charge is 0.0726 e. The predicted molar refractivity (Wildman–Crippen MR) is 509 cm³/mol. The first kappa shape index (κ1) is 68.0. The van der Waals surface area contributed by atoms with Crippen LogP contribution in [-0.4, -0.2) is 0 Å². The Bertz CT molecular complexity index is 7930. The van der Waals surface area contributed by atoms with Crippen molar-refractivity contribution in [1.82, 2.24) is 0 Å². The fraction of sp³-hybridized carbons (Fsp3) is 0.0508. The summed E-state index contributed by atoms with van der Waals surface area (Å²) in [5.41, 5.74) is 30.9. The summed E-state index contributed by atoms with van der Waals surface area (Å²) in [4.78, 5) is 7.74. The lowest BCUT2D eigenvalue weighted by Crippen LogP contribution is -2.28. The second-order valence-electron chi connectivity index (χ2n) is 34.2. The third kappa shape index (κ3) is 9.38. The average Bonchev–Trinajstić information content (AvgIpc) is 1.50. The molecule has 0 amide bonds. The van der Waals surface area contributed by atoms with Crippen molar-refractivity contribution in [2.45, 2.75) is 36.5 Å². The van der Waals surface area contributed by atoms with E-state index in [1.165, 1.54) is 186 Å². The molecule has 0 aromatic heterocycles. The van der Waals surface area contributed by atoms with Gasteiger partial charge in [0, 0.05) is 56.2 Å². The predicted octanol–water partition coefficient (Wildman–Crippen LogP) is 31.6. The molecule has 0 radical (unpaired) electrons. The molecule has 0 saturated carbocycles.